The number of hydrogen-bond donors (Lipinski definition) is 1. The van der Waals surface area contributed by atoms with Gasteiger partial charge in [-0.3, -0.25) is 0 Å². The highest BCUT2D eigenvalue weighted by Gasteiger charge is 2.10. The number of rotatable bonds is 10. The number of nitrogens with zero attached hydrogens (tertiary/aromatic N) is 2. The second-order valence-corrected chi connectivity index (χ2v) is 6.28. The highest BCUT2D eigenvalue weighted by Crippen LogP contribution is 2.18. The van der Waals surface area contributed by atoms with Gasteiger partial charge in [-0.25, -0.2) is 4.98 Å². The Kier molecular flexibility index (Phi) is 6.46. The third-order valence-electron chi connectivity index (χ3n) is 4.38. The summed E-state index contributed by atoms with van der Waals surface area (Å²) in [7, 11) is 0. The van der Waals surface area contributed by atoms with Gasteiger partial charge in [-0.15, -0.1) is 0 Å². The third-order valence-corrected chi connectivity index (χ3v) is 4.38. The molecule has 3 rings (SSSR count). The van der Waals surface area contributed by atoms with E-state index in [1.165, 1.54) is 11.3 Å². The van der Waals surface area contributed by atoms with Gasteiger partial charge in [0.25, 0.3) is 0 Å². The van der Waals surface area contributed by atoms with Gasteiger partial charge in [0.2, 0.25) is 0 Å². The van der Waals surface area contributed by atoms with Crippen molar-refractivity contribution in [3.63, 3.8) is 0 Å². The number of imidazole rings is 1. The molecule has 1 heterocycles. The molecule has 0 spiro atoms. The van der Waals surface area contributed by atoms with Gasteiger partial charge >= 0.3 is 0 Å². The molecule has 132 valence electrons. The van der Waals surface area contributed by atoms with Crippen LogP contribution in [0.2, 0.25) is 0 Å². The Morgan fingerprint density at radius 3 is 2.52 bits per heavy atom. The van der Waals surface area contributed by atoms with E-state index >= 15 is 0 Å². The molecule has 0 aliphatic carbocycles. The van der Waals surface area contributed by atoms with Crippen LogP contribution in [0.25, 0.3) is 11.0 Å². The van der Waals surface area contributed by atoms with Gasteiger partial charge < -0.3 is 15.0 Å². The molecule has 4 nitrogen and oxygen atoms in total. The van der Waals surface area contributed by atoms with Gasteiger partial charge in [-0.1, -0.05) is 36.8 Å². The Bertz CT molecular complexity index is 767. The average molecular weight is 337 g/mol. The first-order chi connectivity index (χ1) is 12.4. The molecule has 2 aromatic carbocycles. The zero-order valence-electron chi connectivity index (χ0n) is 14.7. The van der Waals surface area contributed by atoms with Crippen LogP contribution in [0.5, 0.6) is 5.75 Å². The zero-order valence-corrected chi connectivity index (χ0v) is 14.7. The first kappa shape index (κ1) is 17.5. The molecule has 0 bridgehead atoms. The van der Waals surface area contributed by atoms with E-state index in [1.54, 1.807) is 0 Å². The normalized spacial score (nSPS) is 11.1. The van der Waals surface area contributed by atoms with Crippen molar-refractivity contribution in [3.8, 4) is 5.75 Å². The highest BCUT2D eigenvalue weighted by molar-refractivity contribution is 5.75. The highest BCUT2D eigenvalue weighted by atomic mass is 16.5. The minimum atomic E-state index is 0.711. The summed E-state index contributed by atoms with van der Waals surface area (Å²) < 4.78 is 8.17. The number of hydrogen-bond acceptors (Lipinski definition) is 3. The van der Waals surface area contributed by atoms with Crippen LogP contribution >= 0.6 is 0 Å². The van der Waals surface area contributed by atoms with E-state index in [0.29, 0.717) is 6.61 Å². The fraction of sp³-hybridized carbons (Fsp3) is 0.381. The second-order valence-electron chi connectivity index (χ2n) is 6.28. The lowest BCUT2D eigenvalue weighted by molar-refractivity contribution is 0.301. The van der Waals surface area contributed by atoms with Crippen LogP contribution in [-0.4, -0.2) is 22.7 Å². The van der Waals surface area contributed by atoms with E-state index < -0.39 is 0 Å². The number of aryl methyl sites for hydroxylation is 2. The Hall–Kier alpha value is -2.33. The summed E-state index contributed by atoms with van der Waals surface area (Å²) in [6.45, 7) is 2.41. The Balaban J connectivity index is 1.61. The van der Waals surface area contributed by atoms with Crippen molar-refractivity contribution >= 4 is 11.0 Å². The number of fused-ring (bicyclic) bond motifs is 1. The largest absolute Gasteiger partial charge is 0.494 e. The second kappa shape index (κ2) is 9.23. The molecule has 1 aromatic heterocycles. The molecular weight excluding hydrogens is 310 g/mol. The van der Waals surface area contributed by atoms with E-state index in [2.05, 4.69) is 28.8 Å². The van der Waals surface area contributed by atoms with Crippen LogP contribution in [0.15, 0.2) is 54.6 Å². The molecule has 25 heavy (non-hydrogen) atoms. The number of unbranched alkanes of at least 4 members (excludes halogenated alkanes) is 2. The summed E-state index contributed by atoms with van der Waals surface area (Å²) >= 11 is 0. The van der Waals surface area contributed by atoms with E-state index in [1.807, 2.05) is 30.3 Å². The summed E-state index contributed by atoms with van der Waals surface area (Å²) in [5, 5.41) is 0. The van der Waals surface area contributed by atoms with Crippen LogP contribution < -0.4 is 10.5 Å². The van der Waals surface area contributed by atoms with Crippen LogP contribution in [0.1, 0.15) is 31.5 Å². The fourth-order valence-corrected chi connectivity index (χ4v) is 3.10. The molecule has 0 fully saturated rings. The molecule has 0 amide bonds. The molecule has 3 aromatic rings. The topological polar surface area (TPSA) is 53.1 Å². The first-order valence-electron chi connectivity index (χ1n) is 9.20. The molecule has 4 heteroatoms. The molecule has 0 radical (unpaired) electrons. The minimum absolute atomic E-state index is 0.711. The molecule has 0 atom stereocenters. The van der Waals surface area contributed by atoms with Gasteiger partial charge in [0, 0.05) is 13.0 Å². The van der Waals surface area contributed by atoms with Gasteiger partial charge in [-0.05, 0) is 50.1 Å². The van der Waals surface area contributed by atoms with E-state index in [9.17, 15) is 0 Å². The number of benzene rings is 2. The monoisotopic (exact) mass is 337 g/mol. The summed E-state index contributed by atoms with van der Waals surface area (Å²) in [6, 6.07) is 18.4. The van der Waals surface area contributed by atoms with Crippen molar-refractivity contribution < 1.29 is 4.74 Å². The summed E-state index contributed by atoms with van der Waals surface area (Å²) in [5.41, 5.74) is 7.90. The van der Waals surface area contributed by atoms with Crippen LogP contribution in [0.4, 0.5) is 0 Å². The zero-order chi connectivity index (χ0) is 17.3. The standard InChI is InChI=1S/C21H27N3O/c22-15-8-2-5-14-21-23-19-12-6-7-13-20(19)24(21)16-9-17-25-18-10-3-1-4-11-18/h1,3-4,6-7,10-13H,2,5,8-9,14-17,22H2. The Morgan fingerprint density at radius 2 is 1.68 bits per heavy atom. The molecule has 0 saturated carbocycles. The Morgan fingerprint density at radius 1 is 0.880 bits per heavy atom. The van der Waals surface area contributed by atoms with Crippen molar-refractivity contribution in [2.45, 2.75) is 38.6 Å². The molecule has 0 unspecified atom stereocenters. The predicted molar refractivity (Wildman–Crippen MR) is 103 cm³/mol. The average Bonchev–Trinajstić information content (AvgIpc) is 3.01. The summed E-state index contributed by atoms with van der Waals surface area (Å²) in [6.07, 6.45) is 5.36. The van der Waals surface area contributed by atoms with Crippen LogP contribution in [0.3, 0.4) is 0 Å². The van der Waals surface area contributed by atoms with Crippen LogP contribution in [-0.2, 0) is 13.0 Å². The maximum absolute atomic E-state index is 5.82. The van der Waals surface area contributed by atoms with E-state index in [0.717, 1.165) is 56.5 Å². The van der Waals surface area contributed by atoms with Gasteiger partial charge in [0.15, 0.2) is 0 Å². The van der Waals surface area contributed by atoms with Gasteiger partial charge in [0.1, 0.15) is 11.6 Å². The molecule has 0 aliphatic heterocycles. The lowest BCUT2D eigenvalue weighted by Gasteiger charge is -2.10. The number of para-hydroxylation sites is 3. The smallest absolute Gasteiger partial charge is 0.119 e. The lowest BCUT2D eigenvalue weighted by atomic mass is 10.2. The number of aromatic nitrogens is 2. The van der Waals surface area contributed by atoms with Crippen molar-refractivity contribution in [1.82, 2.24) is 9.55 Å². The van der Waals surface area contributed by atoms with E-state index in [4.69, 9.17) is 15.5 Å². The quantitative estimate of drug-likeness (QED) is 0.565. The number of nitrogens with two attached hydrogens (primary N) is 1. The molecule has 2 N–H and O–H groups in total. The number of ether oxygens (including phenoxy) is 1. The van der Waals surface area contributed by atoms with Gasteiger partial charge in [-0.2, -0.15) is 0 Å². The van der Waals surface area contributed by atoms with Crippen LogP contribution in [0, 0.1) is 0 Å². The maximum atomic E-state index is 5.82. The third kappa shape index (κ3) is 4.83. The molecular formula is C21H27N3O. The predicted octanol–water partition coefficient (Wildman–Crippen LogP) is 4.18. The minimum Gasteiger partial charge on any atom is -0.494 e. The van der Waals surface area contributed by atoms with Crippen molar-refractivity contribution in [3.05, 3.63) is 60.4 Å². The molecule has 0 aliphatic rings. The van der Waals surface area contributed by atoms with Gasteiger partial charge in [0.05, 0.1) is 17.6 Å². The lowest BCUT2D eigenvalue weighted by Crippen LogP contribution is -2.08. The van der Waals surface area contributed by atoms with Crippen molar-refractivity contribution in [2.24, 2.45) is 5.73 Å². The van der Waals surface area contributed by atoms with E-state index in [-0.39, 0.29) is 0 Å². The first-order valence-corrected chi connectivity index (χ1v) is 9.20. The van der Waals surface area contributed by atoms with Crippen molar-refractivity contribution in [1.29, 1.82) is 0 Å². The SMILES string of the molecule is NCCCCCc1nc2ccccc2n1CCCOc1ccccc1. The Labute approximate surface area is 149 Å². The fourth-order valence-electron chi connectivity index (χ4n) is 3.10. The summed E-state index contributed by atoms with van der Waals surface area (Å²) in [4.78, 5) is 4.84. The van der Waals surface area contributed by atoms with Crippen molar-refractivity contribution in [2.75, 3.05) is 13.2 Å². The maximum Gasteiger partial charge on any atom is 0.119 e. The summed E-state index contributed by atoms with van der Waals surface area (Å²) in [5.74, 6) is 2.11. The molecule has 0 saturated heterocycles.